The molecule has 1 heterocycles. The molecule has 0 bridgehead atoms. The van der Waals surface area contributed by atoms with Crippen molar-refractivity contribution in [3.05, 3.63) is 64.1 Å². The van der Waals surface area contributed by atoms with Gasteiger partial charge in [0.15, 0.2) is 4.34 Å². The van der Waals surface area contributed by atoms with E-state index >= 15 is 0 Å². The van der Waals surface area contributed by atoms with Crippen molar-refractivity contribution in [2.75, 3.05) is 5.32 Å². The Hall–Kier alpha value is -1.27. The van der Waals surface area contributed by atoms with Gasteiger partial charge in [-0.2, -0.15) is 0 Å². The van der Waals surface area contributed by atoms with Crippen LogP contribution >= 0.6 is 46.3 Å². The molecular weight excluding hydrogens is 357 g/mol. The highest BCUT2D eigenvalue weighted by atomic mass is 35.5. The molecule has 0 saturated heterocycles. The molecular formula is C15H11Cl2N3S2. The minimum absolute atomic E-state index is 0.665. The quantitative estimate of drug-likeness (QED) is 0.571. The fraction of sp³-hybridized carbons (Fsp3) is 0.0667. The highest BCUT2D eigenvalue weighted by Gasteiger charge is 2.09. The number of hydrogen-bond donors (Lipinski definition) is 1. The molecule has 0 atom stereocenters. The maximum absolute atomic E-state index is 6.17. The molecule has 1 aromatic heterocycles. The van der Waals surface area contributed by atoms with Crippen molar-refractivity contribution in [2.24, 2.45) is 0 Å². The second-order valence-corrected chi connectivity index (χ2v) is 7.37. The van der Waals surface area contributed by atoms with Crippen molar-refractivity contribution < 1.29 is 0 Å². The molecule has 1 N–H and O–H groups in total. The van der Waals surface area contributed by atoms with E-state index in [4.69, 9.17) is 23.2 Å². The van der Waals surface area contributed by atoms with E-state index in [1.165, 1.54) is 11.3 Å². The molecule has 0 aliphatic heterocycles. The standard InChI is InChI=1S/C15H11Cl2N3S2/c16-12-7-4-8-13(17)11(12)9-21-15-20-19-14(22-15)18-10-5-2-1-3-6-10/h1-8H,9H2,(H,18,19). The zero-order valence-electron chi connectivity index (χ0n) is 11.3. The topological polar surface area (TPSA) is 37.8 Å². The van der Waals surface area contributed by atoms with Crippen LogP contribution in [0.5, 0.6) is 0 Å². The number of nitrogens with one attached hydrogen (secondary N) is 1. The van der Waals surface area contributed by atoms with Crippen LogP contribution in [0.1, 0.15) is 5.56 Å². The van der Waals surface area contributed by atoms with Gasteiger partial charge in [-0.05, 0) is 29.8 Å². The highest BCUT2D eigenvalue weighted by Crippen LogP contribution is 2.34. The lowest BCUT2D eigenvalue weighted by molar-refractivity contribution is 1.01. The fourth-order valence-corrected chi connectivity index (χ4v) is 4.28. The first kappa shape index (κ1) is 15.6. The van der Waals surface area contributed by atoms with Gasteiger partial charge in [-0.25, -0.2) is 0 Å². The summed E-state index contributed by atoms with van der Waals surface area (Å²) in [4.78, 5) is 0. The van der Waals surface area contributed by atoms with Gasteiger partial charge in [0.1, 0.15) is 0 Å². The Morgan fingerprint density at radius 3 is 2.41 bits per heavy atom. The van der Waals surface area contributed by atoms with Crippen molar-refractivity contribution >= 4 is 57.1 Å². The van der Waals surface area contributed by atoms with Gasteiger partial charge in [0.2, 0.25) is 5.13 Å². The summed E-state index contributed by atoms with van der Waals surface area (Å²) < 4.78 is 0.870. The van der Waals surface area contributed by atoms with Crippen LogP contribution in [0, 0.1) is 0 Å². The summed E-state index contributed by atoms with van der Waals surface area (Å²) in [5.74, 6) is 0.665. The molecule has 0 saturated carbocycles. The average Bonchev–Trinajstić information content (AvgIpc) is 2.95. The molecule has 0 radical (unpaired) electrons. The van der Waals surface area contributed by atoms with Gasteiger partial charge in [-0.3, -0.25) is 0 Å². The summed E-state index contributed by atoms with van der Waals surface area (Å²) in [5.41, 5.74) is 1.91. The smallest absolute Gasteiger partial charge is 0.210 e. The maximum atomic E-state index is 6.17. The molecule has 3 nitrogen and oxygen atoms in total. The number of rotatable bonds is 5. The van der Waals surface area contributed by atoms with Gasteiger partial charge in [-0.1, -0.05) is 70.6 Å². The number of aromatic nitrogens is 2. The molecule has 0 aliphatic carbocycles. The monoisotopic (exact) mass is 367 g/mol. The van der Waals surface area contributed by atoms with E-state index in [-0.39, 0.29) is 0 Å². The third-order valence-corrected chi connectivity index (χ3v) is 5.54. The Balaban J connectivity index is 1.65. The summed E-state index contributed by atoms with van der Waals surface area (Å²) in [6.07, 6.45) is 0. The van der Waals surface area contributed by atoms with E-state index in [9.17, 15) is 0 Å². The van der Waals surface area contributed by atoms with Crippen molar-refractivity contribution in [1.82, 2.24) is 10.2 Å². The van der Waals surface area contributed by atoms with Crippen LogP contribution in [0.25, 0.3) is 0 Å². The third kappa shape index (κ3) is 3.93. The largest absolute Gasteiger partial charge is 0.330 e. The normalized spacial score (nSPS) is 10.6. The van der Waals surface area contributed by atoms with Gasteiger partial charge in [0.25, 0.3) is 0 Å². The SMILES string of the molecule is Clc1cccc(Cl)c1CSc1nnc(Nc2ccccc2)s1. The molecule has 0 spiro atoms. The molecule has 3 rings (SSSR count). The lowest BCUT2D eigenvalue weighted by atomic mass is 10.2. The van der Waals surface area contributed by atoms with Crippen molar-refractivity contribution in [3.63, 3.8) is 0 Å². The third-order valence-electron chi connectivity index (χ3n) is 2.83. The lowest BCUT2D eigenvalue weighted by Gasteiger charge is -2.04. The maximum Gasteiger partial charge on any atom is 0.210 e. The summed E-state index contributed by atoms with van der Waals surface area (Å²) in [7, 11) is 0. The second-order valence-electron chi connectivity index (χ2n) is 4.35. The van der Waals surface area contributed by atoms with E-state index in [1.807, 2.05) is 48.5 Å². The van der Waals surface area contributed by atoms with Crippen molar-refractivity contribution in [3.8, 4) is 0 Å². The fourth-order valence-electron chi connectivity index (χ4n) is 1.77. The van der Waals surface area contributed by atoms with Gasteiger partial charge in [0.05, 0.1) is 0 Å². The van der Waals surface area contributed by atoms with Gasteiger partial charge < -0.3 is 5.32 Å². The number of nitrogens with zero attached hydrogens (tertiary/aromatic N) is 2. The van der Waals surface area contributed by atoms with Gasteiger partial charge in [0, 0.05) is 21.5 Å². The Bertz CT molecular complexity index is 742. The Morgan fingerprint density at radius 1 is 0.955 bits per heavy atom. The average molecular weight is 368 g/mol. The van der Waals surface area contributed by atoms with Crippen molar-refractivity contribution in [2.45, 2.75) is 10.1 Å². The van der Waals surface area contributed by atoms with Crippen LogP contribution in [-0.2, 0) is 5.75 Å². The molecule has 0 unspecified atom stereocenters. The predicted molar refractivity (Wildman–Crippen MR) is 95.7 cm³/mol. The van der Waals surface area contributed by atoms with E-state index in [0.29, 0.717) is 15.8 Å². The van der Waals surface area contributed by atoms with Gasteiger partial charge >= 0.3 is 0 Å². The zero-order chi connectivity index (χ0) is 15.4. The van der Waals surface area contributed by atoms with E-state index in [0.717, 1.165) is 20.7 Å². The van der Waals surface area contributed by atoms with E-state index in [2.05, 4.69) is 15.5 Å². The van der Waals surface area contributed by atoms with Crippen LogP contribution in [0.3, 0.4) is 0 Å². The summed E-state index contributed by atoms with van der Waals surface area (Å²) in [6, 6.07) is 15.4. The molecule has 0 aliphatic rings. The molecule has 0 amide bonds. The van der Waals surface area contributed by atoms with Crippen LogP contribution in [0.4, 0.5) is 10.8 Å². The molecule has 112 valence electrons. The molecule has 3 aromatic rings. The molecule has 7 heteroatoms. The number of para-hydroxylation sites is 1. The van der Waals surface area contributed by atoms with Crippen molar-refractivity contribution in [1.29, 1.82) is 0 Å². The number of hydrogen-bond acceptors (Lipinski definition) is 5. The Morgan fingerprint density at radius 2 is 1.68 bits per heavy atom. The van der Waals surface area contributed by atoms with Gasteiger partial charge in [-0.15, -0.1) is 10.2 Å². The predicted octanol–water partition coefficient (Wildman–Crippen LogP) is 5.88. The molecule has 22 heavy (non-hydrogen) atoms. The van der Waals surface area contributed by atoms with E-state index in [1.54, 1.807) is 11.8 Å². The van der Waals surface area contributed by atoms with Crippen LogP contribution in [-0.4, -0.2) is 10.2 Å². The first-order valence-corrected chi connectivity index (χ1v) is 8.99. The molecule has 0 fully saturated rings. The summed E-state index contributed by atoms with van der Waals surface area (Å²) >= 11 is 15.4. The second kappa shape index (κ2) is 7.33. The van der Waals surface area contributed by atoms with Crippen LogP contribution in [0.15, 0.2) is 52.9 Å². The van der Waals surface area contributed by atoms with Crippen LogP contribution < -0.4 is 5.32 Å². The first-order chi connectivity index (χ1) is 10.7. The van der Waals surface area contributed by atoms with E-state index < -0.39 is 0 Å². The number of benzene rings is 2. The zero-order valence-corrected chi connectivity index (χ0v) is 14.4. The highest BCUT2D eigenvalue weighted by molar-refractivity contribution is 8.00. The number of anilines is 2. The first-order valence-electron chi connectivity index (χ1n) is 6.43. The number of thioether (sulfide) groups is 1. The Kier molecular flexibility index (Phi) is 5.20. The number of halogens is 2. The molecule has 2 aromatic carbocycles. The lowest BCUT2D eigenvalue weighted by Crippen LogP contribution is -1.87. The minimum atomic E-state index is 0.665. The Labute approximate surface area is 146 Å². The van der Waals surface area contributed by atoms with Crippen LogP contribution in [0.2, 0.25) is 10.0 Å². The summed E-state index contributed by atoms with van der Waals surface area (Å²) in [5, 5.41) is 13.6. The summed E-state index contributed by atoms with van der Waals surface area (Å²) in [6.45, 7) is 0. The minimum Gasteiger partial charge on any atom is -0.330 e.